The normalized spacial score (nSPS) is 20.6. The van der Waals surface area contributed by atoms with E-state index < -0.39 is 5.54 Å². The number of benzene rings is 2. The van der Waals surface area contributed by atoms with Crippen LogP contribution in [0.3, 0.4) is 0 Å². The van der Waals surface area contributed by atoms with E-state index in [1.807, 2.05) is 42.5 Å². The van der Waals surface area contributed by atoms with Gasteiger partial charge in [0.1, 0.15) is 5.54 Å². The minimum Gasteiger partial charge on any atom is -0.468 e. The molecule has 0 aromatic heterocycles. The Hall–Kier alpha value is -1.69. The molecule has 1 aliphatic carbocycles. The lowest BCUT2D eigenvalue weighted by Crippen LogP contribution is -2.57. The van der Waals surface area contributed by atoms with Crippen LogP contribution in [0.15, 0.2) is 53.0 Å². The van der Waals surface area contributed by atoms with Gasteiger partial charge in [0.05, 0.1) is 19.8 Å². The smallest absolute Gasteiger partial charge is 0.326 e. The average molecular weight is 404 g/mol. The van der Waals surface area contributed by atoms with Gasteiger partial charge in [0.15, 0.2) is 0 Å². The third-order valence-electron chi connectivity index (χ3n) is 4.92. The summed E-state index contributed by atoms with van der Waals surface area (Å²) in [5, 5.41) is 13.3. The second-order valence-electron chi connectivity index (χ2n) is 6.42. The monoisotopic (exact) mass is 403 g/mol. The number of nitrogens with one attached hydrogen (secondary N) is 1. The maximum atomic E-state index is 12.7. The quantitative estimate of drug-likeness (QED) is 0.752. The molecule has 3 rings (SSSR count). The first kappa shape index (κ1) is 18.1. The molecule has 0 radical (unpaired) electrons. The lowest BCUT2D eigenvalue weighted by atomic mass is 9.77. The molecule has 0 fully saturated rings. The second-order valence-corrected chi connectivity index (χ2v) is 7.27. The first-order valence-electron chi connectivity index (χ1n) is 8.38. The Bertz CT molecular complexity index is 750. The standard InChI is InChI=1S/C20H22BrNO3/c1-25-19(24)20(22-18(13-23)14-6-3-2-4-7-14)11-10-16-15(12-20)8-5-9-17(16)21/h2-9,18,22-23H,10-13H2,1H3/t18-,20+/m1/s1. The molecule has 0 saturated heterocycles. The van der Waals surface area contributed by atoms with Crippen molar-refractivity contribution in [2.45, 2.75) is 30.8 Å². The van der Waals surface area contributed by atoms with Crippen LogP contribution in [0.2, 0.25) is 0 Å². The summed E-state index contributed by atoms with van der Waals surface area (Å²) in [6.45, 7) is -0.0892. The highest BCUT2D eigenvalue weighted by Gasteiger charge is 2.44. The lowest BCUT2D eigenvalue weighted by molar-refractivity contribution is -0.149. The molecule has 0 bridgehead atoms. The van der Waals surface area contributed by atoms with E-state index in [0.29, 0.717) is 12.8 Å². The van der Waals surface area contributed by atoms with Gasteiger partial charge in [0.25, 0.3) is 0 Å². The van der Waals surface area contributed by atoms with E-state index in [4.69, 9.17) is 4.74 Å². The van der Waals surface area contributed by atoms with Gasteiger partial charge in [-0.05, 0) is 35.6 Å². The molecular formula is C20H22BrNO3. The number of ether oxygens (including phenoxy) is 1. The van der Waals surface area contributed by atoms with Crippen LogP contribution in [0.5, 0.6) is 0 Å². The van der Waals surface area contributed by atoms with Gasteiger partial charge < -0.3 is 9.84 Å². The zero-order valence-corrected chi connectivity index (χ0v) is 15.8. The number of carbonyl (C=O) groups is 1. The van der Waals surface area contributed by atoms with Crippen LogP contribution in [-0.4, -0.2) is 30.3 Å². The van der Waals surface area contributed by atoms with Crippen molar-refractivity contribution < 1.29 is 14.6 Å². The summed E-state index contributed by atoms with van der Waals surface area (Å²) < 4.78 is 6.20. The molecule has 0 amide bonds. The largest absolute Gasteiger partial charge is 0.468 e. The molecule has 1 aliphatic rings. The van der Waals surface area contributed by atoms with Gasteiger partial charge in [0.2, 0.25) is 0 Å². The van der Waals surface area contributed by atoms with Crippen LogP contribution in [-0.2, 0) is 22.4 Å². The minimum absolute atomic E-state index is 0.0892. The van der Waals surface area contributed by atoms with Crippen molar-refractivity contribution in [1.82, 2.24) is 5.32 Å². The van der Waals surface area contributed by atoms with Crippen LogP contribution >= 0.6 is 15.9 Å². The van der Waals surface area contributed by atoms with E-state index in [2.05, 4.69) is 27.3 Å². The van der Waals surface area contributed by atoms with Gasteiger partial charge >= 0.3 is 5.97 Å². The van der Waals surface area contributed by atoms with Crippen LogP contribution in [0.25, 0.3) is 0 Å². The van der Waals surface area contributed by atoms with E-state index in [9.17, 15) is 9.90 Å². The highest BCUT2D eigenvalue weighted by molar-refractivity contribution is 9.10. The predicted octanol–water partition coefficient (Wildman–Crippen LogP) is 3.17. The third kappa shape index (κ3) is 3.64. The number of aliphatic hydroxyl groups excluding tert-OH is 1. The van der Waals surface area contributed by atoms with E-state index in [1.54, 1.807) is 0 Å². The molecule has 2 aromatic carbocycles. The number of hydrogen-bond acceptors (Lipinski definition) is 4. The SMILES string of the molecule is COC(=O)[C@]1(N[C@H](CO)c2ccccc2)CCc2c(Br)cccc2C1. The van der Waals surface area contributed by atoms with Crippen LogP contribution in [0.4, 0.5) is 0 Å². The number of methoxy groups -OCH3 is 1. The summed E-state index contributed by atoms with van der Waals surface area (Å²) in [7, 11) is 1.42. The van der Waals surface area contributed by atoms with Gasteiger partial charge in [-0.1, -0.05) is 58.4 Å². The molecule has 2 atom stereocenters. The Balaban J connectivity index is 1.94. The van der Waals surface area contributed by atoms with Crippen molar-refractivity contribution in [2.24, 2.45) is 0 Å². The molecule has 2 aromatic rings. The third-order valence-corrected chi connectivity index (χ3v) is 5.66. The predicted molar refractivity (Wildman–Crippen MR) is 100 cm³/mol. The van der Waals surface area contributed by atoms with Crippen LogP contribution < -0.4 is 5.32 Å². The Morgan fingerprint density at radius 3 is 2.72 bits per heavy atom. The highest BCUT2D eigenvalue weighted by Crippen LogP contribution is 2.35. The van der Waals surface area contributed by atoms with E-state index in [0.717, 1.165) is 22.0 Å². The Labute approximate surface area is 156 Å². The molecule has 0 spiro atoms. The molecule has 25 heavy (non-hydrogen) atoms. The van der Waals surface area contributed by atoms with Crippen molar-refractivity contribution in [2.75, 3.05) is 13.7 Å². The highest BCUT2D eigenvalue weighted by atomic mass is 79.9. The zero-order chi connectivity index (χ0) is 17.9. The fourth-order valence-corrected chi connectivity index (χ4v) is 4.21. The molecule has 5 heteroatoms. The van der Waals surface area contributed by atoms with Crippen LogP contribution in [0, 0.1) is 0 Å². The number of carbonyl (C=O) groups excluding carboxylic acids is 1. The fourth-order valence-electron chi connectivity index (χ4n) is 3.61. The fraction of sp³-hybridized carbons (Fsp3) is 0.350. The van der Waals surface area contributed by atoms with Crippen molar-refractivity contribution in [1.29, 1.82) is 0 Å². The first-order valence-corrected chi connectivity index (χ1v) is 9.17. The molecule has 0 aliphatic heterocycles. The van der Waals surface area contributed by atoms with E-state index in [-0.39, 0.29) is 18.6 Å². The van der Waals surface area contributed by atoms with Crippen molar-refractivity contribution in [3.05, 3.63) is 69.7 Å². The Morgan fingerprint density at radius 1 is 1.28 bits per heavy atom. The number of esters is 1. The number of aliphatic hydroxyl groups is 1. The van der Waals surface area contributed by atoms with Gasteiger partial charge in [-0.3, -0.25) is 10.1 Å². The molecule has 0 heterocycles. The Morgan fingerprint density at radius 2 is 2.04 bits per heavy atom. The molecule has 132 valence electrons. The maximum Gasteiger partial charge on any atom is 0.326 e. The topological polar surface area (TPSA) is 58.6 Å². The Kier molecular flexibility index (Phi) is 5.57. The second kappa shape index (κ2) is 7.68. The molecule has 0 saturated carbocycles. The first-order chi connectivity index (χ1) is 12.1. The van der Waals surface area contributed by atoms with Gasteiger partial charge in [0, 0.05) is 10.9 Å². The lowest BCUT2D eigenvalue weighted by Gasteiger charge is -2.39. The molecule has 0 unspecified atom stereocenters. The summed E-state index contributed by atoms with van der Waals surface area (Å²) in [4.78, 5) is 12.7. The van der Waals surface area contributed by atoms with E-state index >= 15 is 0 Å². The summed E-state index contributed by atoms with van der Waals surface area (Å²) in [5.41, 5.74) is 2.48. The summed E-state index contributed by atoms with van der Waals surface area (Å²) >= 11 is 3.60. The van der Waals surface area contributed by atoms with Gasteiger partial charge in [-0.2, -0.15) is 0 Å². The van der Waals surface area contributed by atoms with Crippen molar-refractivity contribution >= 4 is 21.9 Å². The molecule has 2 N–H and O–H groups in total. The molecule has 4 nitrogen and oxygen atoms in total. The average Bonchev–Trinajstić information content (AvgIpc) is 2.66. The minimum atomic E-state index is -0.841. The van der Waals surface area contributed by atoms with Crippen molar-refractivity contribution in [3.63, 3.8) is 0 Å². The van der Waals surface area contributed by atoms with Crippen LogP contribution in [0.1, 0.15) is 29.2 Å². The van der Waals surface area contributed by atoms with Crippen molar-refractivity contribution in [3.8, 4) is 0 Å². The van der Waals surface area contributed by atoms with E-state index in [1.165, 1.54) is 12.7 Å². The summed E-state index contributed by atoms with van der Waals surface area (Å²) in [6, 6.07) is 15.4. The summed E-state index contributed by atoms with van der Waals surface area (Å²) in [6.07, 6.45) is 1.93. The van der Waals surface area contributed by atoms with Gasteiger partial charge in [-0.25, -0.2) is 0 Å². The number of rotatable bonds is 5. The molecular weight excluding hydrogens is 382 g/mol. The number of halogens is 1. The number of hydrogen-bond donors (Lipinski definition) is 2. The number of fused-ring (bicyclic) bond motifs is 1. The zero-order valence-electron chi connectivity index (χ0n) is 14.2. The summed E-state index contributed by atoms with van der Waals surface area (Å²) in [5.74, 6) is -0.285. The maximum absolute atomic E-state index is 12.7. The van der Waals surface area contributed by atoms with Gasteiger partial charge in [-0.15, -0.1) is 0 Å².